The Labute approximate surface area is 175 Å². The van der Waals surface area contributed by atoms with Crippen molar-refractivity contribution in [2.24, 2.45) is 4.99 Å². The third-order valence-corrected chi connectivity index (χ3v) is 6.47. The molecule has 1 saturated carbocycles. The summed E-state index contributed by atoms with van der Waals surface area (Å²) in [7, 11) is -5.26. The van der Waals surface area contributed by atoms with Crippen LogP contribution in [-0.4, -0.2) is 67.1 Å². The Morgan fingerprint density at radius 3 is 2.30 bits per heavy atom. The van der Waals surface area contributed by atoms with Crippen LogP contribution in [-0.2, 0) is 10.0 Å². The fourth-order valence-electron chi connectivity index (χ4n) is 3.32. The van der Waals surface area contributed by atoms with Gasteiger partial charge in [-0.2, -0.15) is 17.5 Å². The maximum absolute atomic E-state index is 12.6. The van der Waals surface area contributed by atoms with Crippen molar-refractivity contribution in [3.05, 3.63) is 0 Å². The monoisotopic (exact) mass is 528 g/mol. The molecule has 2 fully saturated rings. The molecule has 1 heterocycles. The number of guanidine groups is 1. The van der Waals surface area contributed by atoms with Gasteiger partial charge in [-0.05, 0) is 32.6 Å². The van der Waals surface area contributed by atoms with Crippen LogP contribution in [0.3, 0.4) is 0 Å². The van der Waals surface area contributed by atoms with Gasteiger partial charge < -0.3 is 15.7 Å². The Bertz CT molecular complexity index is 602. The first-order valence-corrected chi connectivity index (χ1v) is 10.3. The maximum atomic E-state index is 12.6. The summed E-state index contributed by atoms with van der Waals surface area (Å²) in [5.41, 5.74) is -6.05. The molecular formula is C15H28F3IN4O3S. The van der Waals surface area contributed by atoms with Gasteiger partial charge in [-0.3, -0.25) is 4.99 Å². The van der Waals surface area contributed by atoms with Gasteiger partial charge in [-0.25, -0.2) is 8.42 Å². The molecule has 12 heteroatoms. The van der Waals surface area contributed by atoms with Gasteiger partial charge >= 0.3 is 15.5 Å². The fraction of sp³-hybridized carbons (Fsp3) is 0.933. The quantitative estimate of drug-likeness (QED) is 0.288. The zero-order chi connectivity index (χ0) is 19.4. The van der Waals surface area contributed by atoms with Crippen LogP contribution in [0.1, 0.15) is 45.4 Å². The summed E-state index contributed by atoms with van der Waals surface area (Å²) >= 11 is 0. The van der Waals surface area contributed by atoms with E-state index in [0.29, 0.717) is 29.7 Å². The molecule has 7 nitrogen and oxygen atoms in total. The van der Waals surface area contributed by atoms with Crippen LogP contribution in [0.4, 0.5) is 13.2 Å². The number of hydrogen-bond acceptors (Lipinski definition) is 4. The largest absolute Gasteiger partial charge is 0.511 e. The highest BCUT2D eigenvalue weighted by molar-refractivity contribution is 14.0. The first-order chi connectivity index (χ1) is 12.1. The SMILES string of the molecule is CCNC(=NCC1(O)CCCC1)NC1CCN(S(=O)(=O)C(F)(F)F)CC1.I. The van der Waals surface area contributed by atoms with E-state index < -0.39 is 21.1 Å². The second-order valence-electron chi connectivity index (χ2n) is 6.90. The van der Waals surface area contributed by atoms with Crippen LogP contribution >= 0.6 is 24.0 Å². The molecule has 3 N–H and O–H groups in total. The summed E-state index contributed by atoms with van der Waals surface area (Å²) in [6.07, 6.45) is 3.88. The number of sulfonamides is 1. The molecule has 1 aliphatic heterocycles. The molecule has 0 amide bonds. The van der Waals surface area contributed by atoms with Gasteiger partial charge in [0.15, 0.2) is 5.96 Å². The normalized spacial score (nSPS) is 22.3. The minimum atomic E-state index is -5.26. The predicted molar refractivity (Wildman–Crippen MR) is 108 cm³/mol. The Balaban J connectivity index is 0.00000364. The lowest BCUT2D eigenvalue weighted by atomic mass is 10.0. The Hall–Kier alpha value is -0.340. The molecular weight excluding hydrogens is 500 g/mol. The molecule has 2 aliphatic rings. The third-order valence-electron chi connectivity index (χ3n) is 4.84. The summed E-state index contributed by atoms with van der Waals surface area (Å²) in [4.78, 5) is 4.40. The van der Waals surface area contributed by atoms with Crippen LogP contribution in [0.2, 0.25) is 0 Å². The lowest BCUT2D eigenvalue weighted by Crippen LogP contribution is -2.52. The van der Waals surface area contributed by atoms with E-state index in [1.807, 2.05) is 6.92 Å². The third kappa shape index (κ3) is 6.60. The molecule has 0 atom stereocenters. The second-order valence-corrected chi connectivity index (χ2v) is 8.82. The molecule has 0 aromatic rings. The molecule has 1 aliphatic carbocycles. The Morgan fingerprint density at radius 1 is 1.26 bits per heavy atom. The van der Waals surface area contributed by atoms with E-state index in [9.17, 15) is 26.7 Å². The van der Waals surface area contributed by atoms with E-state index in [4.69, 9.17) is 0 Å². The van der Waals surface area contributed by atoms with Crippen molar-refractivity contribution in [1.82, 2.24) is 14.9 Å². The summed E-state index contributed by atoms with van der Waals surface area (Å²) in [5, 5.41) is 16.6. The number of piperidine rings is 1. The second kappa shape index (κ2) is 9.92. The lowest BCUT2D eigenvalue weighted by molar-refractivity contribution is -0.0494. The van der Waals surface area contributed by atoms with Crippen molar-refractivity contribution in [1.29, 1.82) is 0 Å². The van der Waals surface area contributed by atoms with Gasteiger partial charge in [0.05, 0.1) is 12.1 Å². The molecule has 0 aromatic carbocycles. The lowest BCUT2D eigenvalue weighted by Gasteiger charge is -2.32. The van der Waals surface area contributed by atoms with Gasteiger partial charge in [-0.15, -0.1) is 24.0 Å². The highest BCUT2D eigenvalue weighted by Crippen LogP contribution is 2.30. The van der Waals surface area contributed by atoms with E-state index in [-0.39, 0.29) is 62.5 Å². The molecule has 2 rings (SSSR count). The number of nitrogens with one attached hydrogen (secondary N) is 2. The Morgan fingerprint density at radius 2 is 1.81 bits per heavy atom. The number of hydrogen-bond donors (Lipinski definition) is 3. The predicted octanol–water partition coefficient (Wildman–Crippen LogP) is 1.78. The minimum absolute atomic E-state index is 0. The van der Waals surface area contributed by atoms with Crippen LogP contribution in [0, 0.1) is 0 Å². The molecule has 0 bridgehead atoms. The molecule has 0 aromatic heterocycles. The fourth-order valence-corrected chi connectivity index (χ4v) is 4.30. The van der Waals surface area contributed by atoms with Gasteiger partial charge in [-0.1, -0.05) is 12.8 Å². The summed E-state index contributed by atoms with van der Waals surface area (Å²) < 4.78 is 61.2. The first kappa shape index (κ1) is 24.7. The van der Waals surface area contributed by atoms with E-state index in [2.05, 4.69) is 15.6 Å². The summed E-state index contributed by atoms with van der Waals surface area (Å²) in [6.45, 7) is 2.38. The van der Waals surface area contributed by atoms with Crippen LogP contribution in [0.5, 0.6) is 0 Å². The van der Waals surface area contributed by atoms with E-state index in [1.54, 1.807) is 0 Å². The van der Waals surface area contributed by atoms with Gasteiger partial charge in [0.25, 0.3) is 0 Å². The highest BCUT2D eigenvalue weighted by Gasteiger charge is 2.50. The molecule has 160 valence electrons. The maximum Gasteiger partial charge on any atom is 0.511 e. The number of rotatable bonds is 5. The number of alkyl halides is 3. The van der Waals surface area contributed by atoms with Crippen LogP contribution in [0.15, 0.2) is 4.99 Å². The average Bonchev–Trinajstić information content (AvgIpc) is 2.99. The van der Waals surface area contributed by atoms with Gasteiger partial charge in [0.2, 0.25) is 0 Å². The molecule has 27 heavy (non-hydrogen) atoms. The highest BCUT2D eigenvalue weighted by atomic mass is 127. The van der Waals surface area contributed by atoms with Crippen molar-refractivity contribution in [3.8, 4) is 0 Å². The zero-order valence-corrected chi connectivity index (χ0v) is 18.4. The van der Waals surface area contributed by atoms with E-state index in [0.717, 1.165) is 12.8 Å². The van der Waals surface area contributed by atoms with Gasteiger partial charge in [0, 0.05) is 25.7 Å². The number of nitrogens with zero attached hydrogens (tertiary/aromatic N) is 2. The van der Waals surface area contributed by atoms with E-state index >= 15 is 0 Å². The van der Waals surface area contributed by atoms with Crippen molar-refractivity contribution in [3.63, 3.8) is 0 Å². The zero-order valence-electron chi connectivity index (χ0n) is 15.3. The molecule has 1 saturated heterocycles. The van der Waals surface area contributed by atoms with E-state index in [1.165, 1.54) is 0 Å². The molecule has 0 spiro atoms. The smallest absolute Gasteiger partial charge is 0.388 e. The summed E-state index contributed by atoms with van der Waals surface area (Å²) in [5.74, 6) is 0.491. The van der Waals surface area contributed by atoms with Crippen LogP contribution < -0.4 is 10.6 Å². The van der Waals surface area contributed by atoms with Gasteiger partial charge in [0.1, 0.15) is 0 Å². The Kier molecular flexibility index (Phi) is 9.07. The van der Waals surface area contributed by atoms with Crippen molar-refractivity contribution in [2.45, 2.75) is 62.6 Å². The standard InChI is InChI=1S/C15H27F3N4O3S.HI/c1-2-19-13(20-11-14(23)7-3-4-8-14)21-12-5-9-22(10-6-12)26(24,25)15(16,17)18;/h12,23H,2-11H2,1H3,(H2,19,20,21);1H. The van der Waals surface area contributed by atoms with Crippen molar-refractivity contribution >= 4 is 40.0 Å². The first-order valence-electron chi connectivity index (χ1n) is 8.91. The van der Waals surface area contributed by atoms with Crippen LogP contribution in [0.25, 0.3) is 0 Å². The number of aliphatic hydroxyl groups is 1. The van der Waals surface area contributed by atoms with Crippen molar-refractivity contribution < 1.29 is 26.7 Å². The summed E-state index contributed by atoms with van der Waals surface area (Å²) in [6, 6.07) is -0.175. The average molecular weight is 528 g/mol. The topological polar surface area (TPSA) is 94.0 Å². The number of halogens is 4. The minimum Gasteiger partial charge on any atom is -0.388 e. The molecule has 0 radical (unpaired) electrons. The van der Waals surface area contributed by atoms with Crippen molar-refractivity contribution in [2.75, 3.05) is 26.2 Å². The molecule has 0 unspecified atom stereocenters. The number of aliphatic imine (C=N–C) groups is 1.